The van der Waals surface area contributed by atoms with Crippen molar-refractivity contribution < 1.29 is 45.8 Å². The highest BCUT2D eigenvalue weighted by Gasteiger charge is 2.47. The third-order valence-corrected chi connectivity index (χ3v) is 8.95. The molecule has 2 saturated heterocycles. The van der Waals surface area contributed by atoms with Crippen LogP contribution in [0.5, 0.6) is 0 Å². The minimum Gasteiger partial charge on any atom is -0.394 e. The summed E-state index contributed by atoms with van der Waals surface area (Å²) in [5.41, 5.74) is 0.494. The zero-order chi connectivity index (χ0) is 29.5. The number of rotatable bonds is 8. The monoisotopic (exact) mass is 601 g/mol. The van der Waals surface area contributed by atoms with Crippen LogP contribution in [0.25, 0.3) is 11.3 Å². The molecular weight excluding hydrogens is 571 g/mol. The van der Waals surface area contributed by atoms with E-state index in [1.54, 1.807) is 6.07 Å². The number of piperidine rings is 1. The first kappa shape index (κ1) is 29.6. The minimum absolute atomic E-state index is 0.00536. The Kier molecular flexibility index (Phi) is 8.50. The average Bonchev–Trinajstić information content (AvgIpc) is 3.62. The molecule has 5 rings (SSSR count). The first-order valence-electron chi connectivity index (χ1n) is 12.9. The van der Waals surface area contributed by atoms with Gasteiger partial charge in [0.25, 0.3) is 0 Å². The predicted molar refractivity (Wildman–Crippen MR) is 136 cm³/mol. The molecule has 2 aromatic heterocycles. The van der Waals surface area contributed by atoms with Crippen LogP contribution in [0, 0.1) is 17.5 Å². The molecule has 224 valence electrons. The van der Waals surface area contributed by atoms with Gasteiger partial charge in [0.2, 0.25) is 10.0 Å². The van der Waals surface area contributed by atoms with E-state index in [1.807, 2.05) is 0 Å². The average molecular weight is 602 g/mol. The number of nitrogens with zero attached hydrogens (tertiary/aromatic N) is 5. The van der Waals surface area contributed by atoms with Gasteiger partial charge in [0.05, 0.1) is 30.9 Å². The van der Waals surface area contributed by atoms with Crippen molar-refractivity contribution in [2.24, 2.45) is 0 Å². The van der Waals surface area contributed by atoms with Gasteiger partial charge >= 0.3 is 0 Å². The molecule has 5 atom stereocenters. The van der Waals surface area contributed by atoms with E-state index >= 15 is 0 Å². The van der Waals surface area contributed by atoms with E-state index in [0.29, 0.717) is 37.4 Å². The summed E-state index contributed by atoms with van der Waals surface area (Å²) in [6.45, 7) is 0.237. The first-order chi connectivity index (χ1) is 19.5. The summed E-state index contributed by atoms with van der Waals surface area (Å²) in [6, 6.07) is 2.41. The van der Waals surface area contributed by atoms with Gasteiger partial charge in [-0.3, -0.25) is 0 Å². The summed E-state index contributed by atoms with van der Waals surface area (Å²) in [5.74, 6) is -3.76. The molecule has 0 spiro atoms. The summed E-state index contributed by atoms with van der Waals surface area (Å²) in [6.07, 6.45) is -0.0326. The lowest BCUT2D eigenvalue weighted by molar-refractivity contribution is -0.212. The third kappa shape index (κ3) is 6.03. The first-order valence-corrected chi connectivity index (χ1v) is 14.8. The number of methoxy groups -OCH3 is 1. The zero-order valence-corrected chi connectivity index (χ0v) is 23.0. The fraction of sp³-hybridized carbons (Fsp3) is 0.560. The van der Waals surface area contributed by atoms with Gasteiger partial charge in [-0.25, -0.2) is 30.6 Å². The van der Waals surface area contributed by atoms with Gasteiger partial charge in [-0.1, -0.05) is 10.4 Å². The van der Waals surface area contributed by atoms with E-state index in [1.165, 1.54) is 28.5 Å². The maximum absolute atomic E-state index is 13.8. The number of aliphatic hydroxyl groups is 2. The quantitative estimate of drug-likeness (QED) is 0.363. The standard InChI is InChI=1S/C25H30F3N5O7S/c1-38-25-20(10-15-9-19(40-30-15)13-3-5-32(6-4-13)41(2,36)37)39-21(12-34)24(35)23(25)33-11-18(29-31-33)14-7-16(26)22(28)17(27)8-14/h7-9,11,13,20-21,23-25,34-35H,3-6,10,12H2,1-2H3/t20-,21-,23+,24+,25+/m1/s1. The van der Waals surface area contributed by atoms with E-state index in [4.69, 9.17) is 14.0 Å². The van der Waals surface area contributed by atoms with Crippen molar-refractivity contribution in [3.8, 4) is 11.3 Å². The summed E-state index contributed by atoms with van der Waals surface area (Å²) in [4.78, 5) is 0. The molecule has 0 radical (unpaired) electrons. The van der Waals surface area contributed by atoms with Gasteiger partial charge in [-0.15, -0.1) is 5.10 Å². The van der Waals surface area contributed by atoms with Crippen LogP contribution in [0.3, 0.4) is 0 Å². The van der Waals surface area contributed by atoms with Crippen LogP contribution in [0.4, 0.5) is 13.2 Å². The number of ether oxygens (including phenoxy) is 2. The van der Waals surface area contributed by atoms with Gasteiger partial charge in [-0.2, -0.15) is 0 Å². The number of aliphatic hydroxyl groups excluding tert-OH is 2. The molecule has 2 aliphatic rings. The number of aromatic nitrogens is 4. The Labute approximate surface area is 233 Å². The van der Waals surface area contributed by atoms with Crippen molar-refractivity contribution in [2.45, 2.75) is 55.6 Å². The molecule has 41 heavy (non-hydrogen) atoms. The Bertz CT molecular complexity index is 1450. The number of hydrogen-bond acceptors (Lipinski definition) is 10. The predicted octanol–water partition coefficient (Wildman–Crippen LogP) is 1.41. The van der Waals surface area contributed by atoms with Crippen LogP contribution >= 0.6 is 0 Å². The largest absolute Gasteiger partial charge is 0.394 e. The number of hydrogen-bond donors (Lipinski definition) is 2. The zero-order valence-electron chi connectivity index (χ0n) is 22.2. The van der Waals surface area contributed by atoms with Crippen LogP contribution in [-0.2, 0) is 25.9 Å². The van der Waals surface area contributed by atoms with E-state index in [2.05, 4.69) is 15.5 Å². The molecule has 16 heteroatoms. The minimum atomic E-state index is -3.26. The Morgan fingerprint density at radius 1 is 1.12 bits per heavy atom. The molecule has 0 bridgehead atoms. The van der Waals surface area contributed by atoms with Crippen molar-refractivity contribution in [3.05, 3.63) is 53.3 Å². The molecule has 3 aromatic rings. The summed E-state index contributed by atoms with van der Waals surface area (Å²) < 4.78 is 84.5. The normalized spacial score (nSPS) is 26.5. The lowest BCUT2D eigenvalue weighted by atomic mass is 9.90. The Balaban J connectivity index is 1.35. The number of benzene rings is 1. The van der Waals surface area contributed by atoms with Crippen molar-refractivity contribution in [1.82, 2.24) is 24.5 Å². The molecule has 12 nitrogen and oxygen atoms in total. The number of halogens is 3. The maximum Gasteiger partial charge on any atom is 0.211 e. The molecule has 2 N–H and O–H groups in total. The molecule has 0 unspecified atom stereocenters. The Morgan fingerprint density at radius 3 is 2.41 bits per heavy atom. The molecule has 2 fully saturated rings. The van der Waals surface area contributed by atoms with Crippen molar-refractivity contribution in [3.63, 3.8) is 0 Å². The second-order valence-corrected chi connectivity index (χ2v) is 12.3. The molecule has 0 saturated carbocycles. The van der Waals surface area contributed by atoms with E-state index < -0.39 is 64.5 Å². The second kappa shape index (κ2) is 11.8. The van der Waals surface area contributed by atoms with E-state index in [9.17, 15) is 31.8 Å². The number of sulfonamides is 1. The van der Waals surface area contributed by atoms with Crippen LogP contribution in [-0.4, -0.2) is 101 Å². The van der Waals surface area contributed by atoms with E-state index in [-0.39, 0.29) is 23.6 Å². The van der Waals surface area contributed by atoms with Gasteiger partial charge in [0.1, 0.15) is 35.8 Å². The fourth-order valence-electron chi connectivity index (χ4n) is 5.48. The maximum atomic E-state index is 13.8. The Morgan fingerprint density at radius 2 is 1.80 bits per heavy atom. The second-order valence-electron chi connectivity index (χ2n) is 10.3. The van der Waals surface area contributed by atoms with Gasteiger partial charge in [0.15, 0.2) is 17.5 Å². The summed E-state index contributed by atoms with van der Waals surface area (Å²) in [5, 5.41) is 33.0. The lowest BCUT2D eigenvalue weighted by Gasteiger charge is -2.43. The van der Waals surface area contributed by atoms with Gasteiger partial charge in [-0.05, 0) is 25.0 Å². The van der Waals surface area contributed by atoms with E-state index in [0.717, 1.165) is 12.1 Å². The highest BCUT2D eigenvalue weighted by atomic mass is 32.2. The summed E-state index contributed by atoms with van der Waals surface area (Å²) in [7, 11) is -1.85. The molecular formula is C25H30F3N5O7S. The third-order valence-electron chi connectivity index (χ3n) is 7.64. The highest BCUT2D eigenvalue weighted by Crippen LogP contribution is 2.35. The van der Waals surface area contributed by atoms with Crippen molar-refractivity contribution in [1.29, 1.82) is 0 Å². The van der Waals surface area contributed by atoms with Crippen LogP contribution in [0.2, 0.25) is 0 Å². The van der Waals surface area contributed by atoms with Crippen LogP contribution in [0.1, 0.15) is 36.3 Å². The van der Waals surface area contributed by atoms with Crippen LogP contribution in [0.15, 0.2) is 28.9 Å². The van der Waals surface area contributed by atoms with Gasteiger partial charge in [0, 0.05) is 44.2 Å². The molecule has 0 amide bonds. The highest BCUT2D eigenvalue weighted by molar-refractivity contribution is 7.88. The fourth-order valence-corrected chi connectivity index (χ4v) is 6.36. The molecule has 0 aliphatic carbocycles. The smallest absolute Gasteiger partial charge is 0.211 e. The molecule has 2 aliphatic heterocycles. The van der Waals surface area contributed by atoms with Crippen LogP contribution < -0.4 is 0 Å². The van der Waals surface area contributed by atoms with Crippen molar-refractivity contribution in [2.75, 3.05) is 33.1 Å². The topological polar surface area (TPSA) is 153 Å². The lowest BCUT2D eigenvalue weighted by Crippen LogP contribution is -2.57. The van der Waals surface area contributed by atoms with Crippen molar-refractivity contribution >= 4 is 10.0 Å². The SMILES string of the molecule is CO[C@@H]1[C@@H](n2cc(-c3cc(F)c(F)c(F)c3)nn2)[C@@H](O)[C@@H](CO)O[C@@H]1Cc1cc(C2CCN(S(C)(=O)=O)CC2)on1. The Hall–Kier alpha value is -2.89. The molecule has 4 heterocycles. The summed E-state index contributed by atoms with van der Waals surface area (Å²) >= 11 is 0. The van der Waals surface area contributed by atoms with Gasteiger partial charge < -0.3 is 24.2 Å². The molecule has 1 aromatic carbocycles.